The van der Waals surface area contributed by atoms with E-state index in [0.29, 0.717) is 33.8 Å². The molecule has 0 saturated carbocycles. The highest BCUT2D eigenvalue weighted by Crippen LogP contribution is 2.61. The van der Waals surface area contributed by atoms with E-state index in [1.54, 1.807) is 19.6 Å². The maximum atomic E-state index is 15.6. The van der Waals surface area contributed by atoms with Gasteiger partial charge in [-0.3, -0.25) is 29.0 Å². The summed E-state index contributed by atoms with van der Waals surface area (Å²) in [5, 5.41) is 13.8. The van der Waals surface area contributed by atoms with Gasteiger partial charge in [0.2, 0.25) is 5.91 Å². The molecule has 0 radical (unpaired) electrons. The van der Waals surface area contributed by atoms with Crippen LogP contribution in [0.4, 0.5) is 28.4 Å². The summed E-state index contributed by atoms with van der Waals surface area (Å²) in [6.07, 6.45) is -0.951. The van der Waals surface area contributed by atoms with Crippen molar-refractivity contribution in [3.8, 4) is 0 Å². The Morgan fingerprint density at radius 2 is 1.27 bits per heavy atom. The summed E-state index contributed by atoms with van der Waals surface area (Å²) in [6.45, 7) is 5.90. The van der Waals surface area contributed by atoms with E-state index in [1.165, 1.54) is 0 Å². The minimum absolute atomic E-state index is 0.100. The van der Waals surface area contributed by atoms with Gasteiger partial charge in [0.05, 0.1) is 53.9 Å². The lowest BCUT2D eigenvalue weighted by atomic mass is 9.82. The number of carbonyl (C=O) groups is 4. The van der Waals surface area contributed by atoms with Gasteiger partial charge in [0, 0.05) is 52.3 Å². The first kappa shape index (κ1) is 41.7. The van der Waals surface area contributed by atoms with Crippen LogP contribution in [0, 0.1) is 5.92 Å². The van der Waals surface area contributed by atoms with E-state index < -0.39 is 31.5 Å². The van der Waals surface area contributed by atoms with Crippen molar-refractivity contribution in [3.05, 3.63) is 173 Å². The minimum atomic E-state index is -3.19. The van der Waals surface area contributed by atoms with Gasteiger partial charge in [0.25, 0.3) is 17.7 Å². The van der Waals surface area contributed by atoms with Crippen LogP contribution in [0.25, 0.3) is 21.5 Å². The number of ether oxygens (including phenoxy) is 1. The van der Waals surface area contributed by atoms with Crippen LogP contribution in [0.15, 0.2) is 146 Å². The lowest BCUT2D eigenvalue weighted by Gasteiger charge is -2.33. The molecular formula is C54H48N4O7Si. The Morgan fingerprint density at radius 1 is 0.697 bits per heavy atom. The van der Waals surface area contributed by atoms with Gasteiger partial charge >= 0.3 is 0 Å². The summed E-state index contributed by atoms with van der Waals surface area (Å²) in [6, 6.07) is 46.0. The second-order valence-corrected chi connectivity index (χ2v) is 22.5. The second kappa shape index (κ2) is 15.6. The van der Waals surface area contributed by atoms with Gasteiger partial charge < -0.3 is 24.4 Å². The predicted molar refractivity (Wildman–Crippen MR) is 258 cm³/mol. The molecule has 0 aromatic heterocycles. The minimum Gasteiger partial charge on any atom is -0.432 e. The molecule has 7 aromatic rings. The molecule has 1 fully saturated rings. The average molecular weight is 893 g/mol. The number of aliphatic hydroxyl groups excluding tert-OH is 1. The number of aliphatic hydroxyl groups is 1. The molecule has 7 aromatic carbocycles. The number of benzene rings is 7. The maximum Gasteiger partial charge on any atom is 0.264 e. The van der Waals surface area contributed by atoms with Crippen LogP contribution in [0.2, 0.25) is 18.6 Å². The lowest BCUT2D eigenvalue weighted by molar-refractivity contribution is -0.150. The fraction of sp³-hybridized carbons (Fsp3) is 0.222. The van der Waals surface area contributed by atoms with Gasteiger partial charge in [-0.05, 0) is 89.6 Å². The largest absolute Gasteiger partial charge is 0.432 e. The van der Waals surface area contributed by atoms with Crippen LogP contribution >= 0.6 is 0 Å². The van der Waals surface area contributed by atoms with Gasteiger partial charge in [-0.1, -0.05) is 97.9 Å². The number of fused-ring (bicyclic) bond motifs is 2. The van der Waals surface area contributed by atoms with Crippen molar-refractivity contribution >= 4 is 81.9 Å². The molecule has 330 valence electrons. The molecule has 4 aliphatic rings. The molecule has 4 aliphatic heterocycles. The first-order valence-corrected chi connectivity index (χ1v) is 25.5. The zero-order chi connectivity index (χ0) is 45.6. The van der Waals surface area contributed by atoms with E-state index in [-0.39, 0.29) is 56.3 Å². The zero-order valence-electron chi connectivity index (χ0n) is 36.8. The van der Waals surface area contributed by atoms with Crippen LogP contribution in [0.5, 0.6) is 0 Å². The fourth-order valence-corrected chi connectivity index (χ4v) is 13.9. The number of nitrogens with zero attached hydrogens (tertiary/aromatic N) is 4. The number of hydrogen-bond acceptors (Lipinski definition) is 7. The third-order valence-electron chi connectivity index (χ3n) is 14.2. The first-order valence-electron chi connectivity index (χ1n) is 22.5. The van der Waals surface area contributed by atoms with Crippen molar-refractivity contribution in [2.75, 3.05) is 27.9 Å². The molecule has 4 amide bonds. The zero-order valence-corrected chi connectivity index (χ0v) is 37.8. The number of carbonyl (C=O) groups excluding carboxylic acids is 4. The molecule has 1 spiro atoms. The van der Waals surface area contributed by atoms with Crippen LogP contribution in [0.1, 0.15) is 50.8 Å². The van der Waals surface area contributed by atoms with E-state index >= 15 is 4.79 Å². The van der Waals surface area contributed by atoms with E-state index in [1.807, 2.05) is 166 Å². The van der Waals surface area contributed by atoms with Crippen LogP contribution < -0.4 is 14.7 Å². The van der Waals surface area contributed by atoms with Crippen LogP contribution in [-0.2, 0) is 33.0 Å². The quantitative estimate of drug-likeness (QED) is 0.124. The first-order chi connectivity index (χ1) is 31.9. The summed E-state index contributed by atoms with van der Waals surface area (Å²) < 4.78 is 7.16. The van der Waals surface area contributed by atoms with Crippen molar-refractivity contribution in [2.45, 2.75) is 56.8 Å². The second-order valence-electron chi connectivity index (χ2n) is 18.5. The van der Waals surface area contributed by atoms with Crippen LogP contribution in [-0.4, -0.2) is 66.0 Å². The summed E-state index contributed by atoms with van der Waals surface area (Å²) >= 11 is 0. The topological polar surface area (TPSA) is 131 Å². The number of rotatable bonds is 11. The highest BCUT2D eigenvalue weighted by Gasteiger charge is 2.66. The monoisotopic (exact) mass is 892 g/mol. The molecule has 0 unspecified atom stereocenters. The Kier molecular flexibility index (Phi) is 9.86. The Labute approximate surface area is 383 Å². The summed E-state index contributed by atoms with van der Waals surface area (Å²) in [5.74, 6) is -1.45. The SMILES string of the molecule is C[C@@H]1[C@@H]([Si](C)(C)O)[C@H](CC(=O)N(CCO)Cc2ccccc2)O[C@@]12C(=O)N(Cc1ccc(N3C(=O)c4cccc5cccc3c45)cc1)c1ccc(N3C(=O)c4cccc5cccc3c45)cc12. The molecule has 2 N–H and O–H groups in total. The van der Waals surface area contributed by atoms with E-state index in [0.717, 1.165) is 44.0 Å². The van der Waals surface area contributed by atoms with Crippen LogP contribution in [0.3, 0.4) is 0 Å². The standard InChI is InChI=1S/C54H48N4O7Si/c1-33-50(66(2,3)64)46(30-47(60)55(27-28-59)31-34-11-5-4-6-12-34)65-54(33)42-29-39(58-45-20-10-16-37-14-8-18-41(49(37)45)52(58)62)25-26-43(42)56(53(54)63)32-35-21-23-38(24-22-35)57-44-19-9-15-36-13-7-17-40(48(36)44)51(57)61/h4-26,29,33,46,50,59,64H,27-28,30-32H2,1-3H3/t33-,46+,50-,54+/m1/s1. The summed E-state index contributed by atoms with van der Waals surface area (Å²) in [7, 11) is -3.19. The number of anilines is 5. The van der Waals surface area contributed by atoms with Gasteiger partial charge in [-0.2, -0.15) is 0 Å². The molecule has 1 saturated heterocycles. The highest BCUT2D eigenvalue weighted by atomic mass is 28.4. The lowest BCUT2D eigenvalue weighted by Crippen LogP contribution is -2.46. The summed E-state index contributed by atoms with van der Waals surface area (Å²) in [4.78, 5) is 76.9. The van der Waals surface area contributed by atoms with E-state index in [2.05, 4.69) is 0 Å². The molecular weight excluding hydrogens is 845 g/mol. The highest BCUT2D eigenvalue weighted by molar-refractivity contribution is 6.71. The molecule has 4 atom stereocenters. The van der Waals surface area contributed by atoms with Crippen molar-refractivity contribution in [3.63, 3.8) is 0 Å². The molecule has 0 aliphatic carbocycles. The fourth-order valence-electron chi connectivity index (χ4n) is 11.4. The third-order valence-corrected chi connectivity index (χ3v) is 16.7. The Hall–Kier alpha value is -6.96. The molecule has 11 nitrogen and oxygen atoms in total. The van der Waals surface area contributed by atoms with Crippen molar-refractivity contribution in [1.82, 2.24) is 4.90 Å². The Bertz CT molecular complexity index is 3140. The Balaban J connectivity index is 0.978. The molecule has 12 heteroatoms. The number of hydrogen-bond donors (Lipinski definition) is 2. The third kappa shape index (κ3) is 6.34. The van der Waals surface area contributed by atoms with Gasteiger partial charge in [-0.25, -0.2) is 0 Å². The van der Waals surface area contributed by atoms with Gasteiger partial charge in [0.15, 0.2) is 13.9 Å². The molecule has 4 heterocycles. The van der Waals surface area contributed by atoms with Crippen molar-refractivity contribution in [2.24, 2.45) is 5.92 Å². The van der Waals surface area contributed by atoms with E-state index in [9.17, 15) is 24.3 Å². The molecule has 11 rings (SSSR count). The van der Waals surface area contributed by atoms with E-state index in [4.69, 9.17) is 4.74 Å². The maximum absolute atomic E-state index is 15.6. The predicted octanol–water partition coefficient (Wildman–Crippen LogP) is 9.33. The normalized spacial score (nSPS) is 20.7. The van der Waals surface area contributed by atoms with Crippen molar-refractivity contribution in [1.29, 1.82) is 0 Å². The van der Waals surface area contributed by atoms with Gasteiger partial charge in [0.1, 0.15) is 0 Å². The van der Waals surface area contributed by atoms with Gasteiger partial charge in [-0.15, -0.1) is 0 Å². The molecule has 0 bridgehead atoms. The molecule has 66 heavy (non-hydrogen) atoms. The summed E-state index contributed by atoms with van der Waals surface area (Å²) in [5.41, 5.74) is 4.80. The average Bonchev–Trinajstić information content (AvgIpc) is 3.96. The van der Waals surface area contributed by atoms with Crippen molar-refractivity contribution < 1.29 is 33.8 Å². The Morgan fingerprint density at radius 3 is 1.86 bits per heavy atom. The number of amides is 4. The smallest absolute Gasteiger partial charge is 0.264 e.